The summed E-state index contributed by atoms with van der Waals surface area (Å²) in [6, 6.07) is 5.80. The molecule has 1 heterocycles. The fourth-order valence-corrected chi connectivity index (χ4v) is 2.82. The molecule has 3 rings (SSSR count). The van der Waals surface area contributed by atoms with Crippen LogP contribution in [0.25, 0.3) is 11.3 Å². The zero-order valence-corrected chi connectivity index (χ0v) is 12.0. The summed E-state index contributed by atoms with van der Waals surface area (Å²) in [7, 11) is 1.79. The van der Waals surface area contributed by atoms with Gasteiger partial charge in [0, 0.05) is 18.2 Å². The SMILES string of the molecule is Cn1nc(N)c(C2CCC2)c1-c1ccc(OC(F)(F)F)cc1. The second-order valence-corrected chi connectivity index (χ2v) is 5.47. The second-order valence-electron chi connectivity index (χ2n) is 5.47. The van der Waals surface area contributed by atoms with Gasteiger partial charge in [-0.1, -0.05) is 6.42 Å². The Bertz CT molecular complexity index is 673. The summed E-state index contributed by atoms with van der Waals surface area (Å²) < 4.78 is 42.2. The van der Waals surface area contributed by atoms with Crippen LogP contribution in [-0.4, -0.2) is 16.1 Å². The standard InChI is InChI=1S/C15H16F3N3O/c1-21-13(12(14(19)20-21)9-3-2-4-9)10-5-7-11(8-6-10)22-15(16,17)18/h5-9H,2-4H2,1H3,(H2,19,20). The van der Waals surface area contributed by atoms with Crippen LogP contribution in [0.5, 0.6) is 5.75 Å². The topological polar surface area (TPSA) is 53.1 Å². The Morgan fingerprint density at radius 2 is 1.86 bits per heavy atom. The molecule has 1 aromatic heterocycles. The number of nitrogens with zero attached hydrogens (tertiary/aromatic N) is 2. The van der Waals surface area contributed by atoms with Crippen LogP contribution in [0.1, 0.15) is 30.7 Å². The first kappa shape index (κ1) is 14.7. The van der Waals surface area contributed by atoms with Crippen LogP contribution in [0.3, 0.4) is 0 Å². The Labute approximate surface area is 125 Å². The Morgan fingerprint density at radius 3 is 2.36 bits per heavy atom. The zero-order chi connectivity index (χ0) is 15.9. The van der Waals surface area contributed by atoms with E-state index in [1.165, 1.54) is 12.1 Å². The van der Waals surface area contributed by atoms with Crippen molar-refractivity contribution in [2.24, 2.45) is 7.05 Å². The van der Waals surface area contributed by atoms with E-state index in [1.54, 1.807) is 23.9 Å². The smallest absolute Gasteiger partial charge is 0.406 e. The van der Waals surface area contributed by atoms with Gasteiger partial charge in [0.25, 0.3) is 0 Å². The van der Waals surface area contributed by atoms with E-state index in [2.05, 4.69) is 9.84 Å². The molecule has 7 heteroatoms. The molecular formula is C15H16F3N3O. The van der Waals surface area contributed by atoms with Crippen molar-refractivity contribution in [2.75, 3.05) is 5.73 Å². The predicted octanol–water partition coefficient (Wildman–Crippen LogP) is 3.84. The van der Waals surface area contributed by atoms with Crippen molar-refractivity contribution >= 4 is 5.82 Å². The Morgan fingerprint density at radius 1 is 1.23 bits per heavy atom. The summed E-state index contributed by atoms with van der Waals surface area (Å²) in [4.78, 5) is 0. The van der Waals surface area contributed by atoms with Gasteiger partial charge in [-0.2, -0.15) is 5.10 Å². The highest BCUT2D eigenvalue weighted by Crippen LogP contribution is 2.44. The van der Waals surface area contributed by atoms with Gasteiger partial charge < -0.3 is 10.5 Å². The van der Waals surface area contributed by atoms with Crippen molar-refractivity contribution in [1.29, 1.82) is 0 Å². The fourth-order valence-electron chi connectivity index (χ4n) is 2.82. The van der Waals surface area contributed by atoms with Crippen molar-refractivity contribution in [3.63, 3.8) is 0 Å². The van der Waals surface area contributed by atoms with Gasteiger partial charge in [0.1, 0.15) is 11.6 Å². The van der Waals surface area contributed by atoms with E-state index in [0.717, 1.165) is 36.1 Å². The van der Waals surface area contributed by atoms with E-state index in [-0.39, 0.29) is 5.75 Å². The average molecular weight is 311 g/mol. The normalized spacial score (nSPS) is 15.6. The van der Waals surface area contributed by atoms with E-state index in [1.807, 2.05) is 0 Å². The van der Waals surface area contributed by atoms with Gasteiger partial charge in [0.15, 0.2) is 0 Å². The predicted molar refractivity (Wildman–Crippen MR) is 76.3 cm³/mol. The van der Waals surface area contributed by atoms with Crippen molar-refractivity contribution in [3.05, 3.63) is 29.8 Å². The maximum atomic E-state index is 12.2. The maximum absolute atomic E-state index is 12.2. The average Bonchev–Trinajstić information content (AvgIpc) is 2.62. The van der Waals surface area contributed by atoms with Crippen LogP contribution in [-0.2, 0) is 7.05 Å². The summed E-state index contributed by atoms with van der Waals surface area (Å²) in [5.41, 5.74) is 8.64. The maximum Gasteiger partial charge on any atom is 0.573 e. The Kier molecular flexibility index (Phi) is 3.50. The number of aromatic nitrogens is 2. The Balaban J connectivity index is 1.94. The molecule has 0 radical (unpaired) electrons. The van der Waals surface area contributed by atoms with Crippen LogP contribution < -0.4 is 10.5 Å². The third kappa shape index (κ3) is 2.75. The number of nitrogen functional groups attached to an aromatic ring is 1. The van der Waals surface area contributed by atoms with Crippen LogP contribution in [0.15, 0.2) is 24.3 Å². The molecular weight excluding hydrogens is 295 g/mol. The number of aryl methyl sites for hydroxylation is 1. The number of halogens is 3. The highest BCUT2D eigenvalue weighted by Gasteiger charge is 2.31. The number of nitrogens with two attached hydrogens (primary N) is 1. The minimum Gasteiger partial charge on any atom is -0.406 e. The lowest BCUT2D eigenvalue weighted by molar-refractivity contribution is -0.274. The van der Waals surface area contributed by atoms with E-state index >= 15 is 0 Å². The van der Waals surface area contributed by atoms with Crippen LogP contribution in [0.4, 0.5) is 19.0 Å². The van der Waals surface area contributed by atoms with Gasteiger partial charge in [-0.15, -0.1) is 13.2 Å². The fraction of sp³-hybridized carbons (Fsp3) is 0.400. The highest BCUT2D eigenvalue weighted by molar-refractivity contribution is 5.70. The number of anilines is 1. The molecule has 0 bridgehead atoms. The number of benzene rings is 1. The van der Waals surface area contributed by atoms with Crippen LogP contribution in [0, 0.1) is 0 Å². The van der Waals surface area contributed by atoms with Crippen molar-refractivity contribution < 1.29 is 17.9 Å². The molecule has 1 aliphatic rings. The number of hydrogen-bond donors (Lipinski definition) is 1. The minimum absolute atomic E-state index is 0.239. The van der Waals surface area contributed by atoms with Crippen LogP contribution in [0.2, 0.25) is 0 Å². The molecule has 22 heavy (non-hydrogen) atoms. The van der Waals surface area contributed by atoms with Gasteiger partial charge in [-0.3, -0.25) is 4.68 Å². The minimum atomic E-state index is -4.68. The molecule has 1 saturated carbocycles. The monoisotopic (exact) mass is 311 g/mol. The number of alkyl halides is 3. The molecule has 118 valence electrons. The van der Waals surface area contributed by atoms with Gasteiger partial charge in [0.2, 0.25) is 0 Å². The molecule has 2 aromatic rings. The molecule has 0 atom stereocenters. The quantitative estimate of drug-likeness (QED) is 0.937. The second kappa shape index (κ2) is 5.23. The lowest BCUT2D eigenvalue weighted by Gasteiger charge is -2.26. The van der Waals surface area contributed by atoms with E-state index in [9.17, 15) is 13.2 Å². The number of hydrogen-bond acceptors (Lipinski definition) is 3. The largest absolute Gasteiger partial charge is 0.573 e. The summed E-state index contributed by atoms with van der Waals surface area (Å²) in [5.74, 6) is 0.643. The molecule has 1 aliphatic carbocycles. The molecule has 1 aromatic carbocycles. The number of rotatable bonds is 3. The van der Waals surface area contributed by atoms with Gasteiger partial charge in [0.05, 0.1) is 5.69 Å². The molecule has 0 saturated heterocycles. The molecule has 0 spiro atoms. The first-order chi connectivity index (χ1) is 10.3. The van der Waals surface area contributed by atoms with Crippen LogP contribution >= 0.6 is 0 Å². The summed E-state index contributed by atoms with van der Waals surface area (Å²) in [5, 5.41) is 4.26. The van der Waals surface area contributed by atoms with Crippen molar-refractivity contribution in [1.82, 2.24) is 9.78 Å². The zero-order valence-electron chi connectivity index (χ0n) is 12.0. The first-order valence-corrected chi connectivity index (χ1v) is 7.03. The lowest BCUT2D eigenvalue weighted by atomic mass is 9.79. The van der Waals surface area contributed by atoms with E-state index in [4.69, 9.17) is 5.73 Å². The molecule has 0 aliphatic heterocycles. The third-order valence-electron chi connectivity index (χ3n) is 3.99. The molecule has 0 amide bonds. The van der Waals surface area contributed by atoms with E-state index < -0.39 is 6.36 Å². The molecule has 0 unspecified atom stereocenters. The summed E-state index contributed by atoms with van der Waals surface area (Å²) in [6.07, 6.45) is -1.39. The first-order valence-electron chi connectivity index (χ1n) is 7.03. The number of ether oxygens (including phenoxy) is 1. The Hall–Kier alpha value is -2.18. The third-order valence-corrected chi connectivity index (χ3v) is 3.99. The molecule has 4 nitrogen and oxygen atoms in total. The van der Waals surface area contributed by atoms with E-state index in [0.29, 0.717) is 11.7 Å². The van der Waals surface area contributed by atoms with Gasteiger partial charge in [-0.05, 0) is 43.0 Å². The highest BCUT2D eigenvalue weighted by atomic mass is 19.4. The van der Waals surface area contributed by atoms with Crippen molar-refractivity contribution in [3.8, 4) is 17.0 Å². The van der Waals surface area contributed by atoms with Crippen molar-refractivity contribution in [2.45, 2.75) is 31.5 Å². The molecule has 2 N–H and O–H groups in total. The van der Waals surface area contributed by atoms with Gasteiger partial charge in [-0.25, -0.2) is 0 Å². The molecule has 1 fully saturated rings. The summed E-state index contributed by atoms with van der Waals surface area (Å²) in [6.45, 7) is 0. The van der Waals surface area contributed by atoms with Gasteiger partial charge >= 0.3 is 6.36 Å². The lowest BCUT2D eigenvalue weighted by Crippen LogP contribution is -2.17. The summed E-state index contributed by atoms with van der Waals surface area (Å²) >= 11 is 0.